The quantitative estimate of drug-likeness (QED) is 0.0262. The van der Waals surface area contributed by atoms with Crippen molar-refractivity contribution in [2.24, 2.45) is 0 Å². The molecule has 0 radical (unpaired) electrons. The maximum atomic E-state index is 12.8. The van der Waals surface area contributed by atoms with Gasteiger partial charge >= 0.3 is 17.9 Å². The summed E-state index contributed by atoms with van der Waals surface area (Å²) in [6.07, 6.45) is 61.3. The zero-order chi connectivity index (χ0) is 45.8. The highest BCUT2D eigenvalue weighted by Crippen LogP contribution is 2.16. The molecule has 0 saturated carbocycles. The number of carbonyl (C=O) groups is 3. The Morgan fingerprint density at radius 3 is 0.968 bits per heavy atom. The number of rotatable bonds is 50. The van der Waals surface area contributed by atoms with Crippen molar-refractivity contribution in [2.45, 2.75) is 297 Å². The molecule has 0 spiro atoms. The summed E-state index contributed by atoms with van der Waals surface area (Å²) in [6.45, 7) is 6.55. The van der Waals surface area contributed by atoms with Crippen molar-refractivity contribution in [3.63, 3.8) is 0 Å². The molecule has 0 rings (SSSR count). The van der Waals surface area contributed by atoms with E-state index in [-0.39, 0.29) is 31.1 Å². The van der Waals surface area contributed by atoms with Gasteiger partial charge in [0.1, 0.15) is 13.2 Å². The molecule has 0 bridgehead atoms. The Morgan fingerprint density at radius 2 is 0.619 bits per heavy atom. The molecule has 0 aromatic carbocycles. The summed E-state index contributed by atoms with van der Waals surface area (Å²) < 4.78 is 16.8. The predicted octanol–water partition coefficient (Wildman–Crippen LogP) is 18.1. The van der Waals surface area contributed by atoms with Gasteiger partial charge < -0.3 is 14.2 Å². The first-order chi connectivity index (χ1) is 31.0. The minimum absolute atomic E-state index is 0.0746. The topological polar surface area (TPSA) is 78.9 Å². The van der Waals surface area contributed by atoms with E-state index < -0.39 is 6.10 Å². The van der Waals surface area contributed by atoms with Gasteiger partial charge in [0.05, 0.1) is 0 Å². The summed E-state index contributed by atoms with van der Waals surface area (Å²) in [5, 5.41) is 0. The molecule has 0 unspecified atom stereocenters. The van der Waals surface area contributed by atoms with E-state index in [1.807, 2.05) is 0 Å². The van der Waals surface area contributed by atoms with Crippen molar-refractivity contribution in [2.75, 3.05) is 13.2 Å². The van der Waals surface area contributed by atoms with Crippen LogP contribution in [0.4, 0.5) is 0 Å². The summed E-state index contributed by atoms with van der Waals surface area (Å²) in [5.74, 6) is -0.875. The van der Waals surface area contributed by atoms with Gasteiger partial charge in [-0.15, -0.1) is 0 Å². The van der Waals surface area contributed by atoms with E-state index in [1.165, 1.54) is 154 Å². The van der Waals surface area contributed by atoms with Crippen LogP contribution in [-0.4, -0.2) is 37.2 Å². The van der Waals surface area contributed by atoms with Crippen LogP contribution >= 0.6 is 0 Å². The van der Waals surface area contributed by atoms with Crippen molar-refractivity contribution >= 4 is 17.9 Å². The fourth-order valence-electron chi connectivity index (χ4n) is 8.05. The molecule has 0 aliphatic carbocycles. The number of unbranched alkanes of at least 4 members (excludes halogenated alkanes) is 33. The summed E-state index contributed by atoms with van der Waals surface area (Å²) >= 11 is 0. The van der Waals surface area contributed by atoms with Gasteiger partial charge in [0.2, 0.25) is 0 Å². The number of esters is 3. The van der Waals surface area contributed by atoms with Crippen LogP contribution in [0.3, 0.4) is 0 Å². The van der Waals surface area contributed by atoms with Crippen molar-refractivity contribution in [1.82, 2.24) is 0 Å². The summed E-state index contributed by atoms with van der Waals surface area (Å²) in [4.78, 5) is 38.1. The molecule has 0 aromatic rings. The Bertz CT molecular complexity index is 1060. The van der Waals surface area contributed by atoms with Gasteiger partial charge in [-0.3, -0.25) is 14.4 Å². The van der Waals surface area contributed by atoms with Gasteiger partial charge in [-0.05, 0) is 51.4 Å². The van der Waals surface area contributed by atoms with Gasteiger partial charge in [0.15, 0.2) is 6.10 Å². The van der Waals surface area contributed by atoms with E-state index in [4.69, 9.17) is 14.2 Å². The highest BCUT2D eigenvalue weighted by Gasteiger charge is 2.19. The fourth-order valence-corrected chi connectivity index (χ4v) is 8.05. The number of ether oxygens (including phenoxy) is 3. The van der Waals surface area contributed by atoms with Gasteiger partial charge in [-0.2, -0.15) is 0 Å². The Hall–Kier alpha value is -2.37. The van der Waals surface area contributed by atoms with Crippen LogP contribution in [0.15, 0.2) is 36.5 Å². The summed E-state index contributed by atoms with van der Waals surface area (Å²) in [7, 11) is 0. The SMILES string of the molecule is CC/C=C/C/C=C/C/C=C/CCCCCCCC(=O)O[C@H](COC(=O)CCCCCCCCCCCCCCCC)COC(=O)CCCCCCCCCCCCCCCCCC. The third kappa shape index (κ3) is 50.5. The van der Waals surface area contributed by atoms with Crippen LogP contribution < -0.4 is 0 Å². The molecule has 0 heterocycles. The molecule has 0 aliphatic heterocycles. The third-order valence-electron chi connectivity index (χ3n) is 12.2. The second-order valence-corrected chi connectivity index (χ2v) is 18.5. The molecule has 0 amide bonds. The third-order valence-corrected chi connectivity index (χ3v) is 12.2. The molecule has 368 valence electrons. The Kier molecular flexibility index (Phi) is 50.3. The van der Waals surface area contributed by atoms with E-state index >= 15 is 0 Å². The second-order valence-electron chi connectivity index (χ2n) is 18.5. The Morgan fingerprint density at radius 1 is 0.333 bits per heavy atom. The van der Waals surface area contributed by atoms with Crippen molar-refractivity contribution in [3.05, 3.63) is 36.5 Å². The largest absolute Gasteiger partial charge is 0.462 e. The maximum absolute atomic E-state index is 12.8. The van der Waals surface area contributed by atoms with Gasteiger partial charge in [-0.25, -0.2) is 0 Å². The van der Waals surface area contributed by atoms with E-state index in [0.717, 1.165) is 96.3 Å². The first-order valence-corrected chi connectivity index (χ1v) is 27.5. The summed E-state index contributed by atoms with van der Waals surface area (Å²) in [5.41, 5.74) is 0. The minimum atomic E-state index is -0.776. The van der Waals surface area contributed by atoms with E-state index in [9.17, 15) is 14.4 Å². The Balaban J connectivity index is 4.36. The second kappa shape index (κ2) is 52.3. The average Bonchev–Trinajstić information content (AvgIpc) is 3.28. The van der Waals surface area contributed by atoms with Gasteiger partial charge in [-0.1, -0.05) is 256 Å². The molecule has 1 atom stereocenters. The lowest BCUT2D eigenvalue weighted by Gasteiger charge is -2.18. The van der Waals surface area contributed by atoms with Gasteiger partial charge in [0, 0.05) is 19.3 Å². The molecular formula is C57H104O6. The van der Waals surface area contributed by atoms with Crippen LogP contribution in [0.2, 0.25) is 0 Å². The van der Waals surface area contributed by atoms with Crippen LogP contribution in [0, 0.1) is 0 Å². The zero-order valence-corrected chi connectivity index (χ0v) is 42.1. The Labute approximate surface area is 391 Å². The lowest BCUT2D eigenvalue weighted by Crippen LogP contribution is -2.30. The fraction of sp³-hybridized carbons (Fsp3) is 0.842. The molecule has 63 heavy (non-hydrogen) atoms. The maximum Gasteiger partial charge on any atom is 0.306 e. The van der Waals surface area contributed by atoms with Crippen LogP contribution in [0.1, 0.15) is 290 Å². The molecular weight excluding hydrogens is 781 g/mol. The standard InChI is InChI=1S/C57H104O6/c1-4-7-10-13-16-19-22-25-28-30-32-35-38-41-44-47-50-56(59)62-53-54(52-61-55(58)49-46-43-40-37-34-31-27-24-21-18-15-12-9-6-3)63-57(60)51-48-45-42-39-36-33-29-26-23-20-17-14-11-8-5-2/h8,11,17,20,26,29,54H,4-7,9-10,12-16,18-19,21-25,27-28,30-53H2,1-3H3/b11-8+,20-17+,29-26+/t54-/m1/s1. The summed E-state index contributed by atoms with van der Waals surface area (Å²) in [6, 6.07) is 0. The molecule has 0 aromatic heterocycles. The zero-order valence-electron chi connectivity index (χ0n) is 42.1. The van der Waals surface area contributed by atoms with E-state index in [0.29, 0.717) is 19.3 Å². The molecule has 0 saturated heterocycles. The van der Waals surface area contributed by atoms with Crippen LogP contribution in [-0.2, 0) is 28.6 Å². The van der Waals surface area contributed by atoms with Crippen LogP contribution in [0.5, 0.6) is 0 Å². The highest BCUT2D eigenvalue weighted by molar-refractivity contribution is 5.71. The van der Waals surface area contributed by atoms with Gasteiger partial charge in [0.25, 0.3) is 0 Å². The lowest BCUT2D eigenvalue weighted by molar-refractivity contribution is -0.167. The highest BCUT2D eigenvalue weighted by atomic mass is 16.6. The number of allylic oxidation sites excluding steroid dienone is 6. The number of hydrogen-bond donors (Lipinski definition) is 0. The minimum Gasteiger partial charge on any atom is -0.462 e. The van der Waals surface area contributed by atoms with Crippen LogP contribution in [0.25, 0.3) is 0 Å². The molecule has 6 nitrogen and oxygen atoms in total. The predicted molar refractivity (Wildman–Crippen MR) is 270 cm³/mol. The smallest absolute Gasteiger partial charge is 0.306 e. The average molecular weight is 885 g/mol. The van der Waals surface area contributed by atoms with Crippen molar-refractivity contribution in [3.8, 4) is 0 Å². The first-order valence-electron chi connectivity index (χ1n) is 27.5. The number of hydrogen-bond acceptors (Lipinski definition) is 6. The molecule has 0 aliphatic rings. The van der Waals surface area contributed by atoms with Crippen molar-refractivity contribution in [1.29, 1.82) is 0 Å². The first kappa shape index (κ1) is 60.6. The molecule has 6 heteroatoms. The monoisotopic (exact) mass is 885 g/mol. The normalized spacial score (nSPS) is 12.2. The van der Waals surface area contributed by atoms with E-state index in [2.05, 4.69) is 57.2 Å². The molecule has 0 fully saturated rings. The van der Waals surface area contributed by atoms with Crippen molar-refractivity contribution < 1.29 is 28.6 Å². The number of carbonyl (C=O) groups excluding carboxylic acids is 3. The van der Waals surface area contributed by atoms with E-state index in [1.54, 1.807) is 0 Å². The molecule has 0 N–H and O–H groups in total. The lowest BCUT2D eigenvalue weighted by atomic mass is 10.0.